The van der Waals surface area contributed by atoms with E-state index in [-0.39, 0.29) is 0 Å². The van der Waals surface area contributed by atoms with E-state index in [1.165, 1.54) is 0 Å². The van der Waals surface area contributed by atoms with E-state index in [0.29, 0.717) is 6.04 Å². The topological polar surface area (TPSA) is 47.7 Å². The number of nitrogens with one attached hydrogen (secondary N) is 1. The first kappa shape index (κ1) is 11.9. The first-order chi connectivity index (χ1) is 8.15. The third-order valence-corrected chi connectivity index (χ3v) is 2.62. The lowest BCUT2D eigenvalue weighted by Crippen LogP contribution is -2.21. The highest BCUT2D eigenvalue weighted by Crippen LogP contribution is 2.01. The summed E-state index contributed by atoms with van der Waals surface area (Å²) in [6.07, 6.45) is 7.68. The minimum absolute atomic E-state index is 0.481. The molecule has 0 bridgehead atoms. The van der Waals surface area contributed by atoms with Gasteiger partial charge in [0, 0.05) is 38.2 Å². The van der Waals surface area contributed by atoms with Gasteiger partial charge in [-0.25, -0.2) is 9.97 Å². The van der Waals surface area contributed by atoms with Gasteiger partial charge in [-0.1, -0.05) is 13.8 Å². The Morgan fingerprint density at radius 1 is 1.35 bits per heavy atom. The van der Waals surface area contributed by atoms with Gasteiger partial charge in [-0.3, -0.25) is 0 Å². The molecule has 5 heteroatoms. The summed E-state index contributed by atoms with van der Waals surface area (Å²) < 4.78 is 4.08. The summed E-state index contributed by atoms with van der Waals surface area (Å²) in [5, 5.41) is 3.35. The number of hydrogen-bond donors (Lipinski definition) is 1. The maximum absolute atomic E-state index is 4.36. The van der Waals surface area contributed by atoms with Crippen LogP contribution < -0.4 is 5.32 Å². The molecule has 17 heavy (non-hydrogen) atoms. The zero-order chi connectivity index (χ0) is 12.3. The summed E-state index contributed by atoms with van der Waals surface area (Å²) in [5.74, 6) is 1.03. The van der Waals surface area contributed by atoms with Crippen molar-refractivity contribution in [2.24, 2.45) is 7.05 Å². The van der Waals surface area contributed by atoms with E-state index in [1.807, 2.05) is 30.3 Å². The van der Waals surface area contributed by atoms with E-state index in [0.717, 1.165) is 24.6 Å². The average Bonchev–Trinajstić information content (AvgIpc) is 2.87. The molecule has 0 saturated heterocycles. The highest BCUT2D eigenvalue weighted by molar-refractivity contribution is 5.00. The highest BCUT2D eigenvalue weighted by atomic mass is 15.1. The quantitative estimate of drug-likeness (QED) is 0.843. The number of aryl methyl sites for hydroxylation is 1. The second-order valence-electron chi connectivity index (χ2n) is 4.53. The van der Waals surface area contributed by atoms with Crippen molar-refractivity contribution in [2.75, 3.05) is 0 Å². The molecule has 0 aliphatic rings. The number of rotatable bonds is 5. The largest absolute Gasteiger partial charge is 0.337 e. The summed E-state index contributed by atoms with van der Waals surface area (Å²) in [4.78, 5) is 8.66. The lowest BCUT2D eigenvalue weighted by atomic mass is 10.3. The number of aromatic nitrogens is 4. The van der Waals surface area contributed by atoms with Crippen LogP contribution in [0.1, 0.15) is 25.4 Å². The molecular weight excluding hydrogens is 214 g/mol. The summed E-state index contributed by atoms with van der Waals surface area (Å²) >= 11 is 0. The second kappa shape index (κ2) is 5.14. The Labute approximate surface area is 102 Å². The molecule has 5 nitrogen and oxygen atoms in total. The molecule has 0 fully saturated rings. The Hall–Kier alpha value is -1.62. The van der Waals surface area contributed by atoms with Crippen molar-refractivity contribution in [1.82, 2.24) is 24.4 Å². The van der Waals surface area contributed by atoms with Gasteiger partial charge in [0.25, 0.3) is 0 Å². The van der Waals surface area contributed by atoms with Gasteiger partial charge >= 0.3 is 0 Å². The smallest absolute Gasteiger partial charge is 0.128 e. The Kier molecular flexibility index (Phi) is 3.58. The molecule has 2 aromatic rings. The molecule has 0 aliphatic carbocycles. The van der Waals surface area contributed by atoms with E-state index in [2.05, 4.69) is 39.9 Å². The molecule has 0 radical (unpaired) electrons. The van der Waals surface area contributed by atoms with Crippen molar-refractivity contribution >= 4 is 0 Å². The maximum Gasteiger partial charge on any atom is 0.128 e. The second-order valence-corrected chi connectivity index (χ2v) is 4.53. The maximum atomic E-state index is 4.36. The fourth-order valence-electron chi connectivity index (χ4n) is 1.60. The van der Waals surface area contributed by atoms with Crippen LogP contribution in [0.2, 0.25) is 0 Å². The standard InChI is InChI=1S/C12H19N5/c1-10(2)14-6-11-7-17(9-15-11)8-12-13-4-5-16(12)3/h4-5,7,9-10,14H,6,8H2,1-3H3. The van der Waals surface area contributed by atoms with Gasteiger partial charge in [0.2, 0.25) is 0 Å². The van der Waals surface area contributed by atoms with Gasteiger partial charge in [-0.2, -0.15) is 0 Å². The van der Waals surface area contributed by atoms with Crippen LogP contribution in [-0.2, 0) is 20.1 Å². The monoisotopic (exact) mass is 233 g/mol. The molecule has 92 valence electrons. The third kappa shape index (κ3) is 3.17. The molecule has 2 rings (SSSR count). The first-order valence-electron chi connectivity index (χ1n) is 5.85. The number of imidazole rings is 2. The SMILES string of the molecule is CC(C)NCc1cn(Cc2nccn2C)cn1. The van der Waals surface area contributed by atoms with E-state index in [9.17, 15) is 0 Å². The van der Waals surface area contributed by atoms with E-state index >= 15 is 0 Å². The van der Waals surface area contributed by atoms with Crippen LogP contribution in [0, 0.1) is 0 Å². The van der Waals surface area contributed by atoms with Gasteiger partial charge in [-0.05, 0) is 0 Å². The number of nitrogens with zero attached hydrogens (tertiary/aromatic N) is 4. The van der Waals surface area contributed by atoms with Crippen LogP contribution >= 0.6 is 0 Å². The van der Waals surface area contributed by atoms with Crippen molar-refractivity contribution in [3.05, 3.63) is 36.4 Å². The van der Waals surface area contributed by atoms with Gasteiger partial charge in [0.1, 0.15) is 5.82 Å². The zero-order valence-electron chi connectivity index (χ0n) is 10.6. The fraction of sp³-hybridized carbons (Fsp3) is 0.500. The normalized spacial score (nSPS) is 11.3. The van der Waals surface area contributed by atoms with Crippen LogP contribution in [0.15, 0.2) is 24.9 Å². The molecule has 0 saturated carbocycles. The average molecular weight is 233 g/mol. The molecule has 2 aromatic heterocycles. The van der Waals surface area contributed by atoms with E-state index < -0.39 is 0 Å². The Balaban J connectivity index is 1.97. The minimum Gasteiger partial charge on any atom is -0.337 e. The van der Waals surface area contributed by atoms with Crippen LogP contribution in [0.3, 0.4) is 0 Å². The van der Waals surface area contributed by atoms with Crippen LogP contribution in [0.5, 0.6) is 0 Å². The Morgan fingerprint density at radius 2 is 2.18 bits per heavy atom. The molecule has 0 aliphatic heterocycles. The third-order valence-electron chi connectivity index (χ3n) is 2.62. The minimum atomic E-state index is 0.481. The lowest BCUT2D eigenvalue weighted by Gasteiger charge is -2.05. The fourth-order valence-corrected chi connectivity index (χ4v) is 1.60. The van der Waals surface area contributed by atoms with E-state index in [4.69, 9.17) is 0 Å². The van der Waals surface area contributed by atoms with Crippen LogP contribution in [0.25, 0.3) is 0 Å². The predicted octanol–water partition coefficient (Wildman–Crippen LogP) is 1.16. The molecular formula is C12H19N5. The van der Waals surface area contributed by atoms with Gasteiger partial charge < -0.3 is 14.5 Å². The molecule has 2 heterocycles. The Bertz CT molecular complexity index is 469. The zero-order valence-corrected chi connectivity index (χ0v) is 10.6. The van der Waals surface area contributed by atoms with Crippen molar-refractivity contribution in [1.29, 1.82) is 0 Å². The molecule has 0 spiro atoms. The summed E-state index contributed by atoms with van der Waals surface area (Å²) in [6.45, 7) is 5.83. The predicted molar refractivity (Wildman–Crippen MR) is 66.5 cm³/mol. The van der Waals surface area contributed by atoms with Gasteiger partial charge in [-0.15, -0.1) is 0 Å². The molecule has 0 amide bonds. The van der Waals surface area contributed by atoms with E-state index in [1.54, 1.807) is 0 Å². The van der Waals surface area contributed by atoms with Crippen LogP contribution in [0.4, 0.5) is 0 Å². The first-order valence-corrected chi connectivity index (χ1v) is 5.85. The molecule has 0 atom stereocenters. The van der Waals surface area contributed by atoms with Crippen molar-refractivity contribution in [3.63, 3.8) is 0 Å². The summed E-state index contributed by atoms with van der Waals surface area (Å²) in [5.41, 5.74) is 1.06. The molecule has 0 aromatic carbocycles. The van der Waals surface area contributed by atoms with Crippen LogP contribution in [-0.4, -0.2) is 25.1 Å². The molecule has 0 unspecified atom stereocenters. The summed E-state index contributed by atoms with van der Waals surface area (Å²) in [6, 6.07) is 0.481. The summed E-state index contributed by atoms with van der Waals surface area (Å²) in [7, 11) is 2.00. The van der Waals surface area contributed by atoms with Crippen molar-refractivity contribution < 1.29 is 0 Å². The Morgan fingerprint density at radius 3 is 2.82 bits per heavy atom. The van der Waals surface area contributed by atoms with Crippen molar-refractivity contribution in [3.8, 4) is 0 Å². The lowest BCUT2D eigenvalue weighted by molar-refractivity contribution is 0.582. The number of hydrogen-bond acceptors (Lipinski definition) is 3. The highest BCUT2D eigenvalue weighted by Gasteiger charge is 2.03. The van der Waals surface area contributed by atoms with Gasteiger partial charge in [0.05, 0.1) is 18.6 Å². The van der Waals surface area contributed by atoms with Crippen molar-refractivity contribution in [2.45, 2.75) is 33.0 Å². The molecule has 1 N–H and O–H groups in total. The van der Waals surface area contributed by atoms with Gasteiger partial charge in [0.15, 0.2) is 0 Å².